The van der Waals surface area contributed by atoms with Crippen LogP contribution in [-0.2, 0) is 4.79 Å². The van der Waals surface area contributed by atoms with Crippen LogP contribution in [0.1, 0.15) is 20.3 Å². The highest BCUT2D eigenvalue weighted by Crippen LogP contribution is 2.24. The summed E-state index contributed by atoms with van der Waals surface area (Å²) in [6, 6.07) is 0. The second-order valence-electron chi connectivity index (χ2n) is 3.34. The number of hydrogen-bond donors (Lipinski definition) is 2. The van der Waals surface area contributed by atoms with E-state index < -0.39 is 5.41 Å². The molecule has 4 nitrogen and oxygen atoms in total. The first kappa shape index (κ1) is 12.1. The number of thiocarbonyl (C=S) groups is 1. The lowest BCUT2D eigenvalue weighted by Crippen LogP contribution is -2.43. The molecule has 0 saturated carbocycles. The number of nitrogens with zero attached hydrogens (tertiary/aromatic N) is 1. The smallest absolute Gasteiger partial charge is 0.238 e. The molecule has 6 heteroatoms. The lowest BCUT2D eigenvalue weighted by atomic mass is 9.86. The molecule has 1 unspecified atom stereocenters. The third-order valence-electron chi connectivity index (χ3n) is 2.40. The van der Waals surface area contributed by atoms with E-state index >= 15 is 0 Å². The van der Waals surface area contributed by atoms with Crippen molar-refractivity contribution in [3.63, 3.8) is 0 Å². The number of aromatic nitrogens is 1. The highest BCUT2D eigenvalue weighted by atomic mass is 32.1. The lowest BCUT2D eigenvalue weighted by molar-refractivity contribution is -0.121. The summed E-state index contributed by atoms with van der Waals surface area (Å²) in [5, 5.41) is 5.05. The number of nitrogens with two attached hydrogens (primary N) is 1. The van der Waals surface area contributed by atoms with Crippen molar-refractivity contribution in [3.05, 3.63) is 11.6 Å². The second kappa shape index (κ2) is 4.67. The summed E-state index contributed by atoms with van der Waals surface area (Å²) >= 11 is 6.26. The molecule has 0 spiro atoms. The molecule has 1 heterocycles. The van der Waals surface area contributed by atoms with Crippen LogP contribution in [0.25, 0.3) is 0 Å². The van der Waals surface area contributed by atoms with Crippen molar-refractivity contribution in [2.45, 2.75) is 20.3 Å². The highest BCUT2D eigenvalue weighted by molar-refractivity contribution is 7.80. The number of anilines is 1. The highest BCUT2D eigenvalue weighted by Gasteiger charge is 2.34. The third kappa shape index (κ3) is 2.51. The van der Waals surface area contributed by atoms with E-state index in [1.54, 1.807) is 18.5 Å². The normalized spacial score (nSPS) is 14.3. The van der Waals surface area contributed by atoms with Gasteiger partial charge in [0.15, 0.2) is 5.13 Å². The van der Waals surface area contributed by atoms with Crippen LogP contribution in [0.5, 0.6) is 0 Å². The fraction of sp³-hybridized carbons (Fsp3) is 0.444. The zero-order valence-corrected chi connectivity index (χ0v) is 10.2. The topological polar surface area (TPSA) is 68.0 Å². The van der Waals surface area contributed by atoms with Gasteiger partial charge in [0.2, 0.25) is 5.91 Å². The summed E-state index contributed by atoms with van der Waals surface area (Å²) < 4.78 is 0. The van der Waals surface area contributed by atoms with E-state index in [-0.39, 0.29) is 10.9 Å². The van der Waals surface area contributed by atoms with Gasteiger partial charge in [-0.1, -0.05) is 19.1 Å². The Morgan fingerprint density at radius 1 is 1.80 bits per heavy atom. The van der Waals surface area contributed by atoms with Gasteiger partial charge in [0, 0.05) is 11.6 Å². The summed E-state index contributed by atoms with van der Waals surface area (Å²) in [7, 11) is 0. The van der Waals surface area contributed by atoms with Crippen LogP contribution >= 0.6 is 23.6 Å². The number of hydrogen-bond acceptors (Lipinski definition) is 4. The van der Waals surface area contributed by atoms with Gasteiger partial charge in [-0.15, -0.1) is 11.3 Å². The minimum absolute atomic E-state index is 0.201. The van der Waals surface area contributed by atoms with E-state index in [0.29, 0.717) is 11.6 Å². The first-order valence-electron chi connectivity index (χ1n) is 4.51. The molecular weight excluding hydrogens is 230 g/mol. The quantitative estimate of drug-likeness (QED) is 0.791. The minimum atomic E-state index is -0.805. The zero-order valence-electron chi connectivity index (χ0n) is 8.61. The van der Waals surface area contributed by atoms with Crippen molar-refractivity contribution < 1.29 is 4.79 Å². The van der Waals surface area contributed by atoms with Crippen molar-refractivity contribution in [2.75, 3.05) is 5.32 Å². The van der Waals surface area contributed by atoms with Crippen LogP contribution in [0.4, 0.5) is 5.13 Å². The number of nitrogens with one attached hydrogen (secondary N) is 1. The van der Waals surface area contributed by atoms with Gasteiger partial charge in [-0.05, 0) is 13.3 Å². The maximum atomic E-state index is 11.9. The van der Waals surface area contributed by atoms with E-state index in [4.69, 9.17) is 18.0 Å². The largest absolute Gasteiger partial charge is 0.392 e. The molecule has 1 atom stereocenters. The van der Waals surface area contributed by atoms with Crippen molar-refractivity contribution in [3.8, 4) is 0 Å². The maximum absolute atomic E-state index is 11.9. The average Bonchev–Trinajstić information content (AvgIpc) is 2.68. The van der Waals surface area contributed by atoms with Gasteiger partial charge in [-0.2, -0.15) is 0 Å². The molecule has 0 aliphatic carbocycles. The number of carbonyl (C=O) groups excluding carboxylic acids is 1. The van der Waals surface area contributed by atoms with Crippen LogP contribution in [0.2, 0.25) is 0 Å². The molecule has 0 aliphatic rings. The Morgan fingerprint density at radius 2 is 2.47 bits per heavy atom. The van der Waals surface area contributed by atoms with E-state index in [1.807, 2.05) is 6.92 Å². The van der Waals surface area contributed by atoms with Crippen molar-refractivity contribution in [1.29, 1.82) is 0 Å². The van der Waals surface area contributed by atoms with Gasteiger partial charge in [0.05, 0.1) is 10.4 Å². The van der Waals surface area contributed by atoms with Crippen LogP contribution in [-0.4, -0.2) is 15.9 Å². The Bertz CT molecular complexity index is 363. The molecule has 0 radical (unpaired) electrons. The first-order valence-corrected chi connectivity index (χ1v) is 5.80. The summed E-state index contributed by atoms with van der Waals surface area (Å²) in [5.74, 6) is -0.201. The average molecular weight is 243 g/mol. The van der Waals surface area contributed by atoms with Crippen LogP contribution < -0.4 is 11.1 Å². The van der Waals surface area contributed by atoms with Crippen molar-refractivity contribution in [2.24, 2.45) is 11.1 Å². The van der Waals surface area contributed by atoms with Crippen LogP contribution in [0.3, 0.4) is 0 Å². The molecule has 1 aromatic rings. The molecule has 0 fully saturated rings. The lowest BCUT2D eigenvalue weighted by Gasteiger charge is -2.24. The maximum Gasteiger partial charge on any atom is 0.238 e. The predicted octanol–water partition coefficient (Wildman–Crippen LogP) is 1.78. The van der Waals surface area contributed by atoms with Gasteiger partial charge in [-0.3, -0.25) is 4.79 Å². The van der Waals surface area contributed by atoms with Gasteiger partial charge in [0.1, 0.15) is 0 Å². The van der Waals surface area contributed by atoms with Crippen molar-refractivity contribution >= 4 is 39.6 Å². The molecular formula is C9H13N3OS2. The zero-order chi connectivity index (χ0) is 11.5. The van der Waals surface area contributed by atoms with Gasteiger partial charge in [-0.25, -0.2) is 4.98 Å². The Labute approximate surface area is 97.9 Å². The number of amides is 1. The molecule has 1 amide bonds. The summed E-state index contributed by atoms with van der Waals surface area (Å²) in [6.45, 7) is 3.61. The molecule has 1 rings (SSSR count). The van der Waals surface area contributed by atoms with E-state index in [0.717, 1.165) is 0 Å². The van der Waals surface area contributed by atoms with Gasteiger partial charge >= 0.3 is 0 Å². The Hall–Kier alpha value is -1.01. The molecule has 0 saturated heterocycles. The summed E-state index contributed by atoms with van der Waals surface area (Å²) in [6.07, 6.45) is 2.20. The van der Waals surface area contributed by atoms with Crippen molar-refractivity contribution in [1.82, 2.24) is 4.98 Å². The summed E-state index contributed by atoms with van der Waals surface area (Å²) in [5.41, 5.74) is 4.76. The molecule has 82 valence electrons. The van der Waals surface area contributed by atoms with Crippen LogP contribution in [0, 0.1) is 5.41 Å². The third-order valence-corrected chi connectivity index (χ3v) is 3.54. The summed E-state index contributed by atoms with van der Waals surface area (Å²) in [4.78, 5) is 16.1. The standard InChI is InChI=1S/C9H13N3OS2/c1-3-9(2,6(10)14)7(13)12-8-11-4-5-15-8/h4-5H,3H2,1-2H3,(H2,10,14)(H,11,12,13). The van der Waals surface area contributed by atoms with Gasteiger partial charge < -0.3 is 11.1 Å². The Balaban J connectivity index is 2.79. The molecule has 0 aromatic carbocycles. The first-order chi connectivity index (χ1) is 7.00. The van der Waals surface area contributed by atoms with Crippen LogP contribution in [0.15, 0.2) is 11.6 Å². The van der Waals surface area contributed by atoms with E-state index in [1.165, 1.54) is 11.3 Å². The number of carbonyl (C=O) groups is 1. The Morgan fingerprint density at radius 3 is 2.87 bits per heavy atom. The molecule has 0 bridgehead atoms. The minimum Gasteiger partial charge on any atom is -0.392 e. The molecule has 0 aliphatic heterocycles. The second-order valence-corrected chi connectivity index (χ2v) is 4.68. The SMILES string of the molecule is CCC(C)(C(=O)Nc1nccs1)C(N)=S. The number of rotatable bonds is 4. The molecule has 3 N–H and O–H groups in total. The fourth-order valence-corrected chi connectivity index (χ4v) is 1.73. The Kier molecular flexibility index (Phi) is 3.76. The number of thiazole rings is 1. The molecule has 15 heavy (non-hydrogen) atoms. The van der Waals surface area contributed by atoms with Gasteiger partial charge in [0.25, 0.3) is 0 Å². The monoisotopic (exact) mass is 243 g/mol. The predicted molar refractivity (Wildman–Crippen MR) is 65.9 cm³/mol. The van der Waals surface area contributed by atoms with E-state index in [2.05, 4.69) is 10.3 Å². The molecule has 1 aromatic heterocycles. The fourth-order valence-electron chi connectivity index (χ4n) is 0.967. The van der Waals surface area contributed by atoms with E-state index in [9.17, 15) is 4.79 Å².